The first-order chi connectivity index (χ1) is 11.6. The van der Waals surface area contributed by atoms with Crippen molar-refractivity contribution in [1.82, 2.24) is 14.8 Å². The van der Waals surface area contributed by atoms with E-state index < -0.39 is 0 Å². The van der Waals surface area contributed by atoms with Gasteiger partial charge in [-0.3, -0.25) is 9.59 Å². The van der Waals surface area contributed by atoms with Gasteiger partial charge in [0.15, 0.2) is 0 Å². The Kier molecular flexibility index (Phi) is 4.88. The summed E-state index contributed by atoms with van der Waals surface area (Å²) >= 11 is 0. The van der Waals surface area contributed by atoms with Crippen LogP contribution >= 0.6 is 0 Å². The third-order valence-corrected chi connectivity index (χ3v) is 4.98. The SMILES string of the molecule is CC(=O)N1CCC(C(=O)NCCc2cn(C)c3ccccc23)CC1. The maximum Gasteiger partial charge on any atom is 0.223 e. The fourth-order valence-electron chi connectivity index (χ4n) is 3.55. The van der Waals surface area contributed by atoms with Crippen LogP contribution in [0, 0.1) is 5.92 Å². The second-order valence-corrected chi connectivity index (χ2v) is 6.60. The van der Waals surface area contributed by atoms with E-state index in [1.807, 2.05) is 24.1 Å². The third kappa shape index (κ3) is 3.45. The zero-order chi connectivity index (χ0) is 17.1. The molecule has 0 unspecified atom stereocenters. The number of aromatic nitrogens is 1. The van der Waals surface area contributed by atoms with E-state index in [4.69, 9.17) is 0 Å². The molecule has 1 saturated heterocycles. The zero-order valence-electron chi connectivity index (χ0n) is 14.4. The molecule has 2 aromatic rings. The molecule has 2 amide bonds. The van der Waals surface area contributed by atoms with Crippen molar-refractivity contribution in [2.45, 2.75) is 26.2 Å². The van der Waals surface area contributed by atoms with E-state index in [0.29, 0.717) is 19.6 Å². The quantitative estimate of drug-likeness (QED) is 0.935. The monoisotopic (exact) mass is 327 g/mol. The van der Waals surface area contributed by atoms with Gasteiger partial charge in [-0.05, 0) is 30.9 Å². The van der Waals surface area contributed by atoms with Crippen molar-refractivity contribution in [2.24, 2.45) is 13.0 Å². The minimum absolute atomic E-state index is 0.0353. The Morgan fingerprint density at radius 1 is 1.21 bits per heavy atom. The molecule has 2 heterocycles. The highest BCUT2D eigenvalue weighted by atomic mass is 16.2. The van der Waals surface area contributed by atoms with Gasteiger partial charge in [0.2, 0.25) is 11.8 Å². The summed E-state index contributed by atoms with van der Waals surface area (Å²) < 4.78 is 2.13. The topological polar surface area (TPSA) is 54.3 Å². The van der Waals surface area contributed by atoms with Crippen LogP contribution in [0.5, 0.6) is 0 Å². The number of likely N-dealkylation sites (tertiary alicyclic amines) is 1. The number of benzene rings is 1. The van der Waals surface area contributed by atoms with Gasteiger partial charge in [0, 0.05) is 56.6 Å². The van der Waals surface area contributed by atoms with Crippen molar-refractivity contribution >= 4 is 22.7 Å². The van der Waals surface area contributed by atoms with Gasteiger partial charge in [-0.15, -0.1) is 0 Å². The largest absolute Gasteiger partial charge is 0.356 e. The van der Waals surface area contributed by atoms with E-state index in [0.717, 1.165) is 19.3 Å². The first-order valence-electron chi connectivity index (χ1n) is 8.62. The summed E-state index contributed by atoms with van der Waals surface area (Å²) in [5, 5.41) is 4.32. The number of carbonyl (C=O) groups is 2. The van der Waals surface area contributed by atoms with Crippen LogP contribution in [0.4, 0.5) is 0 Å². The van der Waals surface area contributed by atoms with E-state index in [-0.39, 0.29) is 17.7 Å². The lowest BCUT2D eigenvalue weighted by Gasteiger charge is -2.30. The molecule has 5 heteroatoms. The predicted molar refractivity (Wildman–Crippen MR) is 94.6 cm³/mol. The molecule has 24 heavy (non-hydrogen) atoms. The van der Waals surface area contributed by atoms with Crippen molar-refractivity contribution in [3.8, 4) is 0 Å². The number of amides is 2. The van der Waals surface area contributed by atoms with Crippen LogP contribution in [-0.2, 0) is 23.1 Å². The van der Waals surface area contributed by atoms with Gasteiger partial charge in [0.25, 0.3) is 0 Å². The molecule has 0 bridgehead atoms. The number of para-hydroxylation sites is 1. The second kappa shape index (κ2) is 7.07. The molecular weight excluding hydrogens is 302 g/mol. The van der Waals surface area contributed by atoms with Crippen LogP contribution < -0.4 is 5.32 Å². The summed E-state index contributed by atoms with van der Waals surface area (Å²) in [6.45, 7) is 3.62. The Morgan fingerprint density at radius 2 is 1.92 bits per heavy atom. The van der Waals surface area contributed by atoms with Gasteiger partial charge in [-0.2, -0.15) is 0 Å². The van der Waals surface area contributed by atoms with Crippen molar-refractivity contribution in [3.05, 3.63) is 36.0 Å². The van der Waals surface area contributed by atoms with Gasteiger partial charge < -0.3 is 14.8 Å². The third-order valence-electron chi connectivity index (χ3n) is 4.98. The number of nitrogens with one attached hydrogen (secondary N) is 1. The van der Waals surface area contributed by atoms with Gasteiger partial charge >= 0.3 is 0 Å². The number of aryl methyl sites for hydroxylation is 1. The number of fused-ring (bicyclic) bond motifs is 1. The van der Waals surface area contributed by atoms with Crippen LogP contribution in [0.3, 0.4) is 0 Å². The molecular formula is C19H25N3O2. The van der Waals surface area contributed by atoms with Crippen LogP contribution in [0.1, 0.15) is 25.3 Å². The van der Waals surface area contributed by atoms with Crippen LogP contribution in [-0.4, -0.2) is 40.9 Å². The lowest BCUT2D eigenvalue weighted by Crippen LogP contribution is -2.42. The van der Waals surface area contributed by atoms with Gasteiger partial charge in [-0.25, -0.2) is 0 Å². The Hall–Kier alpha value is -2.30. The lowest BCUT2D eigenvalue weighted by atomic mass is 9.96. The summed E-state index contributed by atoms with van der Waals surface area (Å²) in [5.41, 5.74) is 2.48. The summed E-state index contributed by atoms with van der Waals surface area (Å²) in [6.07, 6.45) is 4.50. The maximum atomic E-state index is 12.3. The number of nitrogens with zero attached hydrogens (tertiary/aromatic N) is 2. The molecule has 5 nitrogen and oxygen atoms in total. The molecule has 1 N–H and O–H groups in total. The first kappa shape index (κ1) is 16.6. The van der Waals surface area contributed by atoms with E-state index >= 15 is 0 Å². The molecule has 0 spiro atoms. The number of rotatable bonds is 4. The summed E-state index contributed by atoms with van der Waals surface area (Å²) in [7, 11) is 2.05. The molecule has 1 aromatic carbocycles. The van der Waals surface area contributed by atoms with Crippen LogP contribution in [0.15, 0.2) is 30.5 Å². The van der Waals surface area contributed by atoms with Crippen molar-refractivity contribution in [1.29, 1.82) is 0 Å². The highest BCUT2D eigenvalue weighted by molar-refractivity contribution is 5.84. The van der Waals surface area contributed by atoms with E-state index in [9.17, 15) is 9.59 Å². The van der Waals surface area contributed by atoms with Crippen molar-refractivity contribution in [3.63, 3.8) is 0 Å². The first-order valence-corrected chi connectivity index (χ1v) is 8.62. The molecule has 1 aromatic heterocycles. The molecule has 0 aliphatic carbocycles. The fourth-order valence-corrected chi connectivity index (χ4v) is 3.55. The zero-order valence-corrected chi connectivity index (χ0v) is 14.4. The predicted octanol–water partition coefficient (Wildman–Crippen LogP) is 2.10. The number of carbonyl (C=O) groups excluding carboxylic acids is 2. The summed E-state index contributed by atoms with van der Waals surface area (Å²) in [6, 6.07) is 8.33. The number of hydrogen-bond acceptors (Lipinski definition) is 2. The summed E-state index contributed by atoms with van der Waals surface area (Å²) in [5.74, 6) is 0.261. The van der Waals surface area contributed by atoms with Gasteiger partial charge in [0.1, 0.15) is 0 Å². The second-order valence-electron chi connectivity index (χ2n) is 6.60. The molecule has 128 valence electrons. The number of hydrogen-bond donors (Lipinski definition) is 1. The molecule has 1 fully saturated rings. The molecule has 0 radical (unpaired) electrons. The molecule has 3 rings (SSSR count). The van der Waals surface area contributed by atoms with Crippen LogP contribution in [0.25, 0.3) is 10.9 Å². The molecule has 1 aliphatic heterocycles. The minimum atomic E-state index is 0.0353. The Morgan fingerprint density at radius 3 is 2.62 bits per heavy atom. The summed E-state index contributed by atoms with van der Waals surface area (Å²) in [4.78, 5) is 25.5. The van der Waals surface area contributed by atoms with E-state index in [2.05, 4.69) is 28.2 Å². The minimum Gasteiger partial charge on any atom is -0.356 e. The fraction of sp³-hybridized carbons (Fsp3) is 0.474. The Labute approximate surface area is 142 Å². The Balaban J connectivity index is 1.51. The molecule has 1 aliphatic rings. The van der Waals surface area contributed by atoms with E-state index in [1.165, 1.54) is 16.5 Å². The lowest BCUT2D eigenvalue weighted by molar-refractivity contribution is -0.133. The average molecular weight is 327 g/mol. The van der Waals surface area contributed by atoms with Crippen molar-refractivity contribution < 1.29 is 9.59 Å². The van der Waals surface area contributed by atoms with Crippen molar-refractivity contribution in [2.75, 3.05) is 19.6 Å². The smallest absolute Gasteiger partial charge is 0.223 e. The number of piperidine rings is 1. The van der Waals surface area contributed by atoms with E-state index in [1.54, 1.807) is 6.92 Å². The van der Waals surface area contributed by atoms with Gasteiger partial charge in [-0.1, -0.05) is 18.2 Å². The highest BCUT2D eigenvalue weighted by Gasteiger charge is 2.25. The van der Waals surface area contributed by atoms with Crippen LogP contribution in [0.2, 0.25) is 0 Å². The van der Waals surface area contributed by atoms with Gasteiger partial charge in [0.05, 0.1) is 0 Å². The molecule has 0 atom stereocenters. The average Bonchev–Trinajstić information content (AvgIpc) is 2.91. The Bertz CT molecular complexity index is 742. The maximum absolute atomic E-state index is 12.3. The standard InChI is InChI=1S/C19H25N3O2/c1-14(23)22-11-8-15(9-12-22)19(24)20-10-7-16-13-21(2)18-6-4-3-5-17(16)18/h3-6,13,15H,7-12H2,1-2H3,(H,20,24). The molecule has 0 saturated carbocycles. The normalized spacial score (nSPS) is 15.7. The highest BCUT2D eigenvalue weighted by Crippen LogP contribution is 2.21.